The van der Waals surface area contributed by atoms with Gasteiger partial charge in [-0.2, -0.15) is 0 Å². The first-order valence-corrected chi connectivity index (χ1v) is 6.99. The summed E-state index contributed by atoms with van der Waals surface area (Å²) in [5.41, 5.74) is 2.16. The molecule has 4 heteroatoms. The molecule has 0 aliphatic rings. The highest BCUT2D eigenvalue weighted by Crippen LogP contribution is 2.37. The molecule has 100 valence electrons. The molecule has 2 aromatic rings. The SMILES string of the molecule is COc1ccc(Br)cc1C(Cl)c1cc(C)ccc1F. The highest BCUT2D eigenvalue weighted by molar-refractivity contribution is 9.10. The van der Waals surface area contributed by atoms with Crippen LogP contribution >= 0.6 is 27.5 Å². The topological polar surface area (TPSA) is 9.23 Å². The Balaban J connectivity index is 2.51. The quantitative estimate of drug-likeness (QED) is 0.693. The number of methoxy groups -OCH3 is 1. The van der Waals surface area contributed by atoms with Crippen molar-refractivity contribution in [1.82, 2.24) is 0 Å². The van der Waals surface area contributed by atoms with E-state index in [1.165, 1.54) is 6.07 Å². The fourth-order valence-electron chi connectivity index (χ4n) is 1.93. The van der Waals surface area contributed by atoms with Crippen molar-refractivity contribution < 1.29 is 9.13 Å². The van der Waals surface area contributed by atoms with E-state index in [4.69, 9.17) is 16.3 Å². The van der Waals surface area contributed by atoms with E-state index in [1.54, 1.807) is 19.2 Å². The van der Waals surface area contributed by atoms with Crippen LogP contribution in [0.25, 0.3) is 0 Å². The minimum absolute atomic E-state index is 0.312. The molecule has 1 atom stereocenters. The van der Waals surface area contributed by atoms with Crippen molar-refractivity contribution in [3.63, 3.8) is 0 Å². The lowest BCUT2D eigenvalue weighted by atomic mass is 10.0. The monoisotopic (exact) mass is 342 g/mol. The van der Waals surface area contributed by atoms with Crippen LogP contribution in [0.15, 0.2) is 40.9 Å². The van der Waals surface area contributed by atoms with Gasteiger partial charge in [0.2, 0.25) is 0 Å². The van der Waals surface area contributed by atoms with Crippen LogP contribution < -0.4 is 4.74 Å². The predicted molar refractivity (Wildman–Crippen MR) is 79.5 cm³/mol. The Hall–Kier alpha value is -1.06. The molecule has 0 N–H and O–H groups in total. The van der Waals surface area contributed by atoms with Crippen molar-refractivity contribution in [1.29, 1.82) is 0 Å². The molecule has 0 spiro atoms. The zero-order valence-corrected chi connectivity index (χ0v) is 12.9. The fourth-order valence-corrected chi connectivity index (χ4v) is 2.64. The number of hydrogen-bond acceptors (Lipinski definition) is 1. The maximum absolute atomic E-state index is 13.9. The van der Waals surface area contributed by atoms with Gasteiger partial charge in [0, 0.05) is 15.6 Å². The van der Waals surface area contributed by atoms with E-state index in [-0.39, 0.29) is 5.82 Å². The summed E-state index contributed by atoms with van der Waals surface area (Å²) in [7, 11) is 1.57. The van der Waals surface area contributed by atoms with Crippen LogP contribution in [-0.4, -0.2) is 7.11 Å². The minimum atomic E-state index is -0.590. The van der Waals surface area contributed by atoms with E-state index in [2.05, 4.69) is 15.9 Å². The van der Waals surface area contributed by atoms with Crippen LogP contribution in [0, 0.1) is 12.7 Å². The number of ether oxygens (including phenoxy) is 1. The number of benzene rings is 2. The summed E-state index contributed by atoms with van der Waals surface area (Å²) in [5.74, 6) is 0.330. The number of aryl methyl sites for hydroxylation is 1. The zero-order chi connectivity index (χ0) is 14.0. The first-order chi connectivity index (χ1) is 9.02. The van der Waals surface area contributed by atoms with E-state index in [9.17, 15) is 4.39 Å². The third kappa shape index (κ3) is 3.10. The minimum Gasteiger partial charge on any atom is -0.496 e. The van der Waals surface area contributed by atoms with Gasteiger partial charge in [-0.3, -0.25) is 0 Å². The van der Waals surface area contributed by atoms with Gasteiger partial charge in [0.1, 0.15) is 11.6 Å². The van der Waals surface area contributed by atoms with Crippen LogP contribution in [0.3, 0.4) is 0 Å². The molecule has 19 heavy (non-hydrogen) atoms. The molecule has 1 unspecified atom stereocenters. The van der Waals surface area contributed by atoms with E-state index < -0.39 is 5.38 Å². The summed E-state index contributed by atoms with van der Waals surface area (Å²) in [4.78, 5) is 0. The molecule has 0 amide bonds. The van der Waals surface area contributed by atoms with Crippen molar-refractivity contribution in [3.8, 4) is 5.75 Å². The molecule has 0 aromatic heterocycles. The van der Waals surface area contributed by atoms with Crippen LogP contribution in [0.2, 0.25) is 0 Å². The van der Waals surface area contributed by atoms with Gasteiger partial charge >= 0.3 is 0 Å². The van der Waals surface area contributed by atoms with Gasteiger partial charge in [-0.05, 0) is 31.2 Å². The highest BCUT2D eigenvalue weighted by atomic mass is 79.9. The van der Waals surface area contributed by atoms with E-state index >= 15 is 0 Å². The molecular formula is C15H13BrClFO. The molecular weight excluding hydrogens is 331 g/mol. The third-order valence-electron chi connectivity index (χ3n) is 2.89. The number of halogens is 3. The molecule has 0 bridgehead atoms. The lowest BCUT2D eigenvalue weighted by Gasteiger charge is -2.16. The van der Waals surface area contributed by atoms with Gasteiger partial charge in [0.25, 0.3) is 0 Å². The first kappa shape index (κ1) is 14.4. The van der Waals surface area contributed by atoms with Crippen LogP contribution in [-0.2, 0) is 0 Å². The number of alkyl halides is 1. The largest absolute Gasteiger partial charge is 0.496 e. The van der Waals surface area contributed by atoms with Gasteiger partial charge in [0.05, 0.1) is 12.5 Å². The second-order valence-electron chi connectivity index (χ2n) is 4.27. The predicted octanol–water partition coefficient (Wildman–Crippen LogP) is 5.23. The summed E-state index contributed by atoms with van der Waals surface area (Å²) in [5, 5.41) is -0.590. The normalized spacial score (nSPS) is 12.3. The average Bonchev–Trinajstić information content (AvgIpc) is 2.40. The van der Waals surface area contributed by atoms with Gasteiger partial charge < -0.3 is 4.74 Å². The lowest BCUT2D eigenvalue weighted by Crippen LogP contribution is -2.00. The van der Waals surface area contributed by atoms with Gasteiger partial charge in [-0.25, -0.2) is 4.39 Å². The molecule has 0 saturated carbocycles. The van der Waals surface area contributed by atoms with E-state index in [0.29, 0.717) is 11.3 Å². The maximum Gasteiger partial charge on any atom is 0.128 e. The molecule has 2 rings (SSSR count). The maximum atomic E-state index is 13.9. The van der Waals surface area contributed by atoms with Crippen LogP contribution in [0.4, 0.5) is 4.39 Å². The standard InChI is InChI=1S/C15H13BrClFO/c1-9-3-5-13(18)11(7-9)15(17)12-8-10(16)4-6-14(12)19-2/h3-8,15H,1-2H3. The summed E-state index contributed by atoms with van der Waals surface area (Å²) >= 11 is 9.82. The number of rotatable bonds is 3. The summed E-state index contributed by atoms with van der Waals surface area (Å²) in [6.45, 7) is 1.91. The summed E-state index contributed by atoms with van der Waals surface area (Å²) in [6, 6.07) is 10.4. The van der Waals surface area contributed by atoms with Crippen molar-refractivity contribution in [2.45, 2.75) is 12.3 Å². The third-order valence-corrected chi connectivity index (χ3v) is 3.85. The van der Waals surface area contributed by atoms with Crippen molar-refractivity contribution >= 4 is 27.5 Å². The Bertz CT molecular complexity index is 601. The van der Waals surface area contributed by atoms with Gasteiger partial charge in [-0.15, -0.1) is 11.6 Å². The van der Waals surface area contributed by atoms with Crippen LogP contribution in [0.1, 0.15) is 22.1 Å². The fraction of sp³-hybridized carbons (Fsp3) is 0.200. The van der Waals surface area contributed by atoms with Crippen LogP contribution in [0.5, 0.6) is 5.75 Å². The highest BCUT2D eigenvalue weighted by Gasteiger charge is 2.19. The Morgan fingerprint density at radius 3 is 2.58 bits per heavy atom. The molecule has 1 nitrogen and oxygen atoms in total. The van der Waals surface area contributed by atoms with Crippen molar-refractivity contribution in [2.75, 3.05) is 7.11 Å². The van der Waals surface area contributed by atoms with Gasteiger partial charge in [0.15, 0.2) is 0 Å². The molecule has 0 heterocycles. The number of hydrogen-bond donors (Lipinski definition) is 0. The van der Waals surface area contributed by atoms with Crippen molar-refractivity contribution in [3.05, 3.63) is 63.4 Å². The lowest BCUT2D eigenvalue weighted by molar-refractivity contribution is 0.410. The molecule has 0 radical (unpaired) electrons. The molecule has 0 aliphatic carbocycles. The summed E-state index contributed by atoms with van der Waals surface area (Å²) in [6.07, 6.45) is 0. The smallest absolute Gasteiger partial charge is 0.128 e. The second-order valence-corrected chi connectivity index (χ2v) is 5.63. The first-order valence-electron chi connectivity index (χ1n) is 5.76. The zero-order valence-electron chi connectivity index (χ0n) is 10.6. The Morgan fingerprint density at radius 2 is 1.89 bits per heavy atom. The molecule has 2 aromatic carbocycles. The second kappa shape index (κ2) is 5.93. The molecule has 0 fully saturated rings. The molecule has 0 aliphatic heterocycles. The summed E-state index contributed by atoms with van der Waals surface area (Å²) < 4.78 is 20.1. The Kier molecular flexibility index (Phi) is 4.48. The molecule has 0 saturated heterocycles. The van der Waals surface area contributed by atoms with E-state index in [0.717, 1.165) is 15.6 Å². The van der Waals surface area contributed by atoms with E-state index in [1.807, 2.05) is 25.1 Å². The Labute approximate surface area is 125 Å². The Morgan fingerprint density at radius 1 is 1.16 bits per heavy atom. The average molecular weight is 344 g/mol. The van der Waals surface area contributed by atoms with Gasteiger partial charge in [-0.1, -0.05) is 33.6 Å². The van der Waals surface area contributed by atoms with Crippen molar-refractivity contribution in [2.24, 2.45) is 0 Å².